The Kier molecular flexibility index (Phi) is 6.70. The number of nitrogens with zero attached hydrogens (tertiary/aromatic N) is 1. The number of anilines is 2. The highest BCUT2D eigenvalue weighted by Crippen LogP contribution is 2.31. The summed E-state index contributed by atoms with van der Waals surface area (Å²) in [6.07, 6.45) is 1.48. The number of hydrogen-bond donors (Lipinski definition) is 3. The minimum absolute atomic E-state index is 0.0988. The first-order valence-corrected chi connectivity index (χ1v) is 11.5. The van der Waals surface area contributed by atoms with Crippen molar-refractivity contribution in [2.45, 2.75) is 37.3 Å². The summed E-state index contributed by atoms with van der Waals surface area (Å²) in [6, 6.07) is 17.5. The number of nitrogens with one attached hydrogen (secondary N) is 3. The third kappa shape index (κ3) is 4.91. The molecular formula is C24H24N4O3S. The van der Waals surface area contributed by atoms with Crippen molar-refractivity contribution in [3.63, 3.8) is 0 Å². The number of benzene rings is 2. The number of para-hydroxylation sites is 1. The van der Waals surface area contributed by atoms with Gasteiger partial charge in [-0.2, -0.15) is 0 Å². The Morgan fingerprint density at radius 1 is 1.12 bits per heavy atom. The summed E-state index contributed by atoms with van der Waals surface area (Å²) >= 11 is 1.40. The first-order valence-electron chi connectivity index (χ1n) is 10.5. The fourth-order valence-electron chi connectivity index (χ4n) is 3.72. The summed E-state index contributed by atoms with van der Waals surface area (Å²) in [5, 5.41) is 5.96. The lowest BCUT2D eigenvalue weighted by Gasteiger charge is -2.24. The standard InChI is InChI=1S/C24H24N4O3S/c1-2-16-10-6-7-11-18(16)25-22(30)17-14-19(29)26-21-20(17)23(31)28-24(27-21)32-13-12-15-8-4-3-5-9-15/h3-11,17H,2,12-14H2,1H3,(H,25,30)(H2,26,27,28,29,31)/t17-/m0/s1. The van der Waals surface area contributed by atoms with Crippen LogP contribution in [0.3, 0.4) is 0 Å². The van der Waals surface area contributed by atoms with Gasteiger partial charge in [0.2, 0.25) is 11.8 Å². The van der Waals surface area contributed by atoms with Crippen LogP contribution in [-0.2, 0) is 22.4 Å². The number of aromatic nitrogens is 2. The zero-order valence-corrected chi connectivity index (χ0v) is 18.5. The molecule has 2 heterocycles. The monoisotopic (exact) mass is 448 g/mol. The molecule has 0 bridgehead atoms. The van der Waals surface area contributed by atoms with Gasteiger partial charge >= 0.3 is 0 Å². The summed E-state index contributed by atoms with van der Waals surface area (Å²) in [4.78, 5) is 45.4. The van der Waals surface area contributed by atoms with E-state index in [2.05, 4.69) is 20.6 Å². The Bertz CT molecular complexity index is 1190. The highest BCUT2D eigenvalue weighted by Gasteiger charge is 2.35. The zero-order chi connectivity index (χ0) is 22.5. The lowest BCUT2D eigenvalue weighted by atomic mass is 9.92. The molecule has 32 heavy (non-hydrogen) atoms. The topological polar surface area (TPSA) is 104 Å². The summed E-state index contributed by atoms with van der Waals surface area (Å²) in [6.45, 7) is 2.00. The quantitative estimate of drug-likeness (QED) is 0.377. The molecule has 0 unspecified atom stereocenters. The molecule has 164 valence electrons. The van der Waals surface area contributed by atoms with Crippen molar-refractivity contribution < 1.29 is 9.59 Å². The fourth-order valence-corrected chi connectivity index (χ4v) is 4.58. The molecule has 0 saturated heterocycles. The van der Waals surface area contributed by atoms with Gasteiger partial charge in [0, 0.05) is 17.9 Å². The van der Waals surface area contributed by atoms with Gasteiger partial charge in [-0.15, -0.1) is 0 Å². The van der Waals surface area contributed by atoms with Crippen LogP contribution in [0.5, 0.6) is 0 Å². The third-order valence-corrected chi connectivity index (χ3v) is 6.25. The molecule has 0 saturated carbocycles. The molecule has 1 aliphatic heterocycles. The minimum atomic E-state index is -0.900. The normalized spacial score (nSPS) is 15.0. The number of carbonyl (C=O) groups excluding carboxylic acids is 2. The van der Waals surface area contributed by atoms with E-state index in [0.29, 0.717) is 10.8 Å². The van der Waals surface area contributed by atoms with Gasteiger partial charge in [-0.25, -0.2) is 4.98 Å². The summed E-state index contributed by atoms with van der Waals surface area (Å²) in [5.41, 5.74) is 2.66. The Labute approximate surface area is 190 Å². The van der Waals surface area contributed by atoms with Gasteiger partial charge in [0.05, 0.1) is 11.5 Å². The number of amides is 2. The summed E-state index contributed by atoms with van der Waals surface area (Å²) in [7, 11) is 0. The molecular weight excluding hydrogens is 424 g/mol. The van der Waals surface area contributed by atoms with Crippen LogP contribution in [0, 0.1) is 0 Å². The van der Waals surface area contributed by atoms with Gasteiger partial charge < -0.3 is 15.6 Å². The maximum absolute atomic E-state index is 13.0. The smallest absolute Gasteiger partial charge is 0.257 e. The Balaban J connectivity index is 1.53. The van der Waals surface area contributed by atoms with Gasteiger partial charge in [0.1, 0.15) is 5.82 Å². The van der Waals surface area contributed by atoms with Gasteiger partial charge in [-0.1, -0.05) is 67.2 Å². The maximum Gasteiger partial charge on any atom is 0.257 e. The molecule has 0 fully saturated rings. The molecule has 4 rings (SSSR count). The molecule has 1 aromatic heterocycles. The molecule has 2 amide bonds. The first kappa shape index (κ1) is 21.8. The van der Waals surface area contributed by atoms with E-state index in [1.54, 1.807) is 0 Å². The highest BCUT2D eigenvalue weighted by molar-refractivity contribution is 7.99. The van der Waals surface area contributed by atoms with E-state index < -0.39 is 17.4 Å². The molecule has 8 heteroatoms. The number of rotatable bonds is 7. The second-order valence-corrected chi connectivity index (χ2v) is 8.61. The minimum Gasteiger partial charge on any atom is -0.325 e. The van der Waals surface area contributed by atoms with Crippen molar-refractivity contribution in [3.05, 3.63) is 81.6 Å². The van der Waals surface area contributed by atoms with Gasteiger partial charge in [0.15, 0.2) is 5.16 Å². The number of aryl methyl sites for hydroxylation is 2. The molecule has 2 aromatic carbocycles. The predicted molar refractivity (Wildman–Crippen MR) is 126 cm³/mol. The van der Waals surface area contributed by atoms with Crippen molar-refractivity contribution in [2.75, 3.05) is 16.4 Å². The van der Waals surface area contributed by atoms with Crippen LogP contribution in [0.4, 0.5) is 11.5 Å². The Hall–Kier alpha value is -3.39. The van der Waals surface area contributed by atoms with E-state index in [-0.39, 0.29) is 23.7 Å². The second-order valence-electron chi connectivity index (χ2n) is 7.52. The molecule has 0 spiro atoms. The van der Waals surface area contributed by atoms with E-state index >= 15 is 0 Å². The lowest BCUT2D eigenvalue weighted by molar-refractivity contribution is -0.123. The van der Waals surface area contributed by atoms with Crippen LogP contribution in [0.15, 0.2) is 64.5 Å². The van der Waals surface area contributed by atoms with E-state index in [4.69, 9.17) is 0 Å². The first-order chi connectivity index (χ1) is 15.5. The zero-order valence-electron chi connectivity index (χ0n) is 17.7. The molecule has 3 aromatic rings. The van der Waals surface area contributed by atoms with E-state index in [0.717, 1.165) is 24.2 Å². The van der Waals surface area contributed by atoms with Crippen molar-refractivity contribution in [2.24, 2.45) is 0 Å². The summed E-state index contributed by atoms with van der Waals surface area (Å²) < 4.78 is 0. The van der Waals surface area contributed by atoms with Crippen molar-refractivity contribution in [1.82, 2.24) is 9.97 Å². The van der Waals surface area contributed by atoms with Crippen LogP contribution in [0.2, 0.25) is 0 Å². The van der Waals surface area contributed by atoms with Crippen molar-refractivity contribution >= 4 is 35.1 Å². The Morgan fingerprint density at radius 2 is 1.88 bits per heavy atom. The highest BCUT2D eigenvalue weighted by atomic mass is 32.2. The number of hydrogen-bond acceptors (Lipinski definition) is 5. The predicted octanol–water partition coefficient (Wildman–Crippen LogP) is 3.73. The van der Waals surface area contributed by atoms with Crippen LogP contribution in [0.25, 0.3) is 0 Å². The van der Waals surface area contributed by atoms with Gasteiger partial charge in [-0.05, 0) is 30.0 Å². The van der Waals surface area contributed by atoms with Crippen LogP contribution in [0.1, 0.15) is 36.0 Å². The number of aromatic amines is 1. The van der Waals surface area contributed by atoms with E-state index in [1.165, 1.54) is 17.3 Å². The average molecular weight is 449 g/mol. The van der Waals surface area contributed by atoms with Crippen molar-refractivity contribution in [1.29, 1.82) is 0 Å². The van der Waals surface area contributed by atoms with Crippen molar-refractivity contribution in [3.8, 4) is 0 Å². The van der Waals surface area contributed by atoms with Crippen LogP contribution in [-0.4, -0.2) is 27.5 Å². The number of H-pyrrole nitrogens is 1. The second kappa shape index (κ2) is 9.82. The third-order valence-electron chi connectivity index (χ3n) is 5.37. The molecule has 3 N–H and O–H groups in total. The van der Waals surface area contributed by atoms with Gasteiger partial charge in [-0.3, -0.25) is 14.4 Å². The van der Waals surface area contributed by atoms with Crippen LogP contribution >= 0.6 is 11.8 Å². The fraction of sp³-hybridized carbons (Fsp3) is 0.250. The lowest BCUT2D eigenvalue weighted by Crippen LogP contribution is -2.36. The van der Waals surface area contributed by atoms with Gasteiger partial charge in [0.25, 0.3) is 5.56 Å². The SMILES string of the molecule is CCc1ccccc1NC(=O)[C@H]1CC(=O)Nc2nc(SCCc3ccccc3)[nH]c(=O)c21. The molecule has 1 aliphatic rings. The Morgan fingerprint density at radius 3 is 2.66 bits per heavy atom. The average Bonchev–Trinajstić information content (AvgIpc) is 2.79. The largest absolute Gasteiger partial charge is 0.325 e. The number of thioether (sulfide) groups is 1. The van der Waals surface area contributed by atoms with Crippen LogP contribution < -0.4 is 16.2 Å². The molecule has 1 atom stereocenters. The van der Waals surface area contributed by atoms with E-state index in [9.17, 15) is 14.4 Å². The molecule has 0 radical (unpaired) electrons. The maximum atomic E-state index is 13.0. The molecule has 0 aliphatic carbocycles. The number of fused-ring (bicyclic) bond motifs is 1. The number of carbonyl (C=O) groups is 2. The summed E-state index contributed by atoms with van der Waals surface area (Å²) in [5.74, 6) is -0.741. The molecule has 7 nitrogen and oxygen atoms in total. The van der Waals surface area contributed by atoms with E-state index in [1.807, 2.05) is 61.5 Å².